The van der Waals surface area contributed by atoms with Gasteiger partial charge in [-0.15, -0.1) is 0 Å². The van der Waals surface area contributed by atoms with Crippen LogP contribution in [0.2, 0.25) is 0 Å². The Hall–Kier alpha value is -8.00. The van der Waals surface area contributed by atoms with Crippen molar-refractivity contribution in [2.24, 2.45) is 5.41 Å². The van der Waals surface area contributed by atoms with Crippen molar-refractivity contribution in [3.63, 3.8) is 0 Å². The van der Waals surface area contributed by atoms with Gasteiger partial charge in [0.1, 0.15) is 40.4 Å². The van der Waals surface area contributed by atoms with Crippen molar-refractivity contribution >= 4 is 11.8 Å². The fourth-order valence-corrected chi connectivity index (χ4v) is 8.77. The molecule has 0 aromatic heterocycles. The van der Waals surface area contributed by atoms with Crippen molar-refractivity contribution in [3.05, 3.63) is 286 Å². The Morgan fingerprint density at radius 3 is 1.16 bits per heavy atom. The minimum Gasteiger partial charge on any atom is -0.461 e. The first-order valence-corrected chi connectivity index (χ1v) is 23.0. The zero-order valence-electron chi connectivity index (χ0n) is 38.8. The molecule has 7 aromatic rings. The molecule has 1 heterocycles. The Morgan fingerprint density at radius 1 is 0.485 bits per heavy atom. The van der Waals surface area contributed by atoms with Gasteiger partial charge >= 0.3 is 0 Å². The zero-order valence-corrected chi connectivity index (χ0v) is 38.8. The Bertz CT molecular complexity index is 2600. The highest BCUT2D eigenvalue weighted by atomic mass is 16.5. The third kappa shape index (κ3) is 10.3. The van der Waals surface area contributed by atoms with Crippen LogP contribution in [0, 0.1) is 28.1 Å². The highest BCUT2D eigenvalue weighted by Gasteiger charge is 2.39. The van der Waals surface area contributed by atoms with Crippen LogP contribution in [0.25, 0.3) is 6.08 Å². The summed E-state index contributed by atoms with van der Waals surface area (Å²) in [6.45, 7) is 8.01. The van der Waals surface area contributed by atoms with Gasteiger partial charge in [0.15, 0.2) is 0 Å². The number of anilines is 1. The molecule has 0 atom stereocenters. The van der Waals surface area contributed by atoms with Gasteiger partial charge in [-0.1, -0.05) is 221 Å². The van der Waals surface area contributed by atoms with E-state index in [2.05, 4.69) is 175 Å². The van der Waals surface area contributed by atoms with Crippen LogP contribution in [-0.2, 0) is 25.4 Å². The first-order valence-electron chi connectivity index (χ1n) is 23.0. The van der Waals surface area contributed by atoms with E-state index in [1.54, 1.807) is 12.2 Å². The average molecular weight is 890 g/mol. The fourth-order valence-electron chi connectivity index (χ4n) is 8.77. The predicted molar refractivity (Wildman–Crippen MR) is 273 cm³/mol. The third-order valence-corrected chi connectivity index (χ3v) is 12.2. The van der Waals surface area contributed by atoms with Crippen LogP contribution in [0.4, 0.5) is 5.69 Å². The van der Waals surface area contributed by atoms with E-state index in [-0.39, 0.29) is 11.0 Å². The van der Waals surface area contributed by atoms with E-state index in [0.29, 0.717) is 43.4 Å². The first-order chi connectivity index (χ1) is 33.2. The number of nitrogens with zero attached hydrogens (tertiary/aromatic N) is 3. The maximum absolute atomic E-state index is 9.67. The zero-order chi connectivity index (χ0) is 47.2. The Kier molecular flexibility index (Phi) is 14.7. The standard InChI is InChI=1S/C62H55N3O3/c1-60(2,3)59-45-49(50(46-63)47-64)44-58(68-59)39-36-48-34-37-57(38-35-48)65(40-42-66-61(51-22-10-4-11-23-51,52-24-12-5-13-25-52)53-26-14-6-15-27-53)41-43-67-62(54-28-16-7-17-29-54,55-30-18-8-19-31-55)56-32-20-9-21-33-56/h4-39,44-45H,40-43H2,1-3H3/b39-36-. The second-order valence-electron chi connectivity index (χ2n) is 17.6. The highest BCUT2D eigenvalue weighted by molar-refractivity contribution is 5.60. The van der Waals surface area contributed by atoms with Crippen LogP contribution >= 0.6 is 0 Å². The molecule has 68 heavy (non-hydrogen) atoms. The van der Waals surface area contributed by atoms with Crippen molar-refractivity contribution in [2.75, 3.05) is 31.2 Å². The van der Waals surface area contributed by atoms with Gasteiger partial charge in [0.2, 0.25) is 0 Å². The summed E-state index contributed by atoms with van der Waals surface area (Å²) >= 11 is 0. The van der Waals surface area contributed by atoms with E-state index in [1.807, 2.05) is 81.5 Å². The minimum atomic E-state index is -0.877. The lowest BCUT2D eigenvalue weighted by Gasteiger charge is -2.38. The van der Waals surface area contributed by atoms with Crippen molar-refractivity contribution in [3.8, 4) is 12.1 Å². The van der Waals surface area contributed by atoms with Gasteiger partial charge in [-0.3, -0.25) is 0 Å². The lowest BCUT2D eigenvalue weighted by Crippen LogP contribution is -2.39. The van der Waals surface area contributed by atoms with Gasteiger partial charge in [-0.2, -0.15) is 10.5 Å². The quantitative estimate of drug-likeness (QED) is 0.0669. The predicted octanol–water partition coefficient (Wildman–Crippen LogP) is 13.7. The monoisotopic (exact) mass is 889 g/mol. The third-order valence-electron chi connectivity index (χ3n) is 12.2. The van der Waals surface area contributed by atoms with Gasteiger partial charge in [0.25, 0.3) is 0 Å². The Morgan fingerprint density at radius 2 is 0.838 bits per heavy atom. The molecule has 0 amide bonds. The molecule has 0 saturated carbocycles. The molecule has 0 unspecified atom stereocenters. The minimum absolute atomic E-state index is 0.0421. The van der Waals surface area contributed by atoms with E-state index in [0.717, 1.165) is 44.6 Å². The topological polar surface area (TPSA) is 78.5 Å². The molecule has 8 rings (SSSR count). The molecule has 0 bridgehead atoms. The average Bonchev–Trinajstić information content (AvgIpc) is 3.39. The van der Waals surface area contributed by atoms with E-state index in [1.165, 1.54) is 0 Å². The van der Waals surface area contributed by atoms with E-state index in [9.17, 15) is 10.5 Å². The van der Waals surface area contributed by atoms with Crippen molar-refractivity contribution < 1.29 is 14.2 Å². The molecule has 0 N–H and O–H groups in total. The molecule has 7 aromatic carbocycles. The summed E-state index contributed by atoms with van der Waals surface area (Å²) in [5.74, 6) is 1.23. The molecule has 0 spiro atoms. The van der Waals surface area contributed by atoms with Crippen LogP contribution in [0.15, 0.2) is 247 Å². The molecule has 0 aliphatic carbocycles. The summed E-state index contributed by atoms with van der Waals surface area (Å²) in [6, 6.07) is 75.3. The molecule has 1 aliphatic heterocycles. The number of ether oxygens (including phenoxy) is 3. The van der Waals surface area contributed by atoms with Crippen LogP contribution < -0.4 is 4.90 Å². The number of hydrogen-bond acceptors (Lipinski definition) is 6. The van der Waals surface area contributed by atoms with Gasteiger partial charge in [-0.05, 0) is 69.3 Å². The van der Waals surface area contributed by atoms with Crippen molar-refractivity contribution in [1.29, 1.82) is 10.5 Å². The summed E-state index contributed by atoms with van der Waals surface area (Å²) in [6.07, 6.45) is 7.38. The van der Waals surface area contributed by atoms with Crippen molar-refractivity contribution in [2.45, 2.75) is 32.0 Å². The molecule has 1 aliphatic rings. The molecule has 0 fully saturated rings. The summed E-state index contributed by atoms with van der Waals surface area (Å²) in [7, 11) is 0. The summed E-state index contributed by atoms with van der Waals surface area (Å²) in [5, 5.41) is 19.3. The maximum Gasteiger partial charge on any atom is 0.143 e. The molecule has 6 nitrogen and oxygen atoms in total. The molecule has 336 valence electrons. The number of benzene rings is 7. The molecular weight excluding hydrogens is 835 g/mol. The van der Waals surface area contributed by atoms with Gasteiger partial charge < -0.3 is 19.1 Å². The molecular formula is C62H55N3O3. The lowest BCUT2D eigenvalue weighted by molar-refractivity contribution is 0.00967. The van der Waals surface area contributed by atoms with Crippen molar-refractivity contribution in [1.82, 2.24) is 0 Å². The van der Waals surface area contributed by atoms with E-state index in [4.69, 9.17) is 14.2 Å². The smallest absolute Gasteiger partial charge is 0.143 e. The fraction of sp³-hybridized carbons (Fsp3) is 0.161. The largest absolute Gasteiger partial charge is 0.461 e. The summed E-state index contributed by atoms with van der Waals surface area (Å²) in [4.78, 5) is 2.33. The van der Waals surface area contributed by atoms with Crippen LogP contribution in [0.1, 0.15) is 59.7 Å². The molecule has 0 saturated heterocycles. The van der Waals surface area contributed by atoms with Gasteiger partial charge in [-0.25, -0.2) is 0 Å². The molecule has 0 radical (unpaired) electrons. The summed E-state index contributed by atoms with van der Waals surface area (Å²) in [5.41, 5.74) is 6.72. The summed E-state index contributed by atoms with van der Waals surface area (Å²) < 4.78 is 21.0. The van der Waals surface area contributed by atoms with E-state index < -0.39 is 11.2 Å². The van der Waals surface area contributed by atoms with Gasteiger partial charge in [0, 0.05) is 29.8 Å². The normalized spacial score (nSPS) is 12.9. The highest BCUT2D eigenvalue weighted by Crippen LogP contribution is 2.42. The van der Waals surface area contributed by atoms with Crippen LogP contribution in [-0.4, -0.2) is 26.3 Å². The number of allylic oxidation sites excluding steroid dienone is 6. The second-order valence-corrected chi connectivity index (χ2v) is 17.6. The lowest BCUT2D eigenvalue weighted by atomic mass is 9.80. The Balaban J connectivity index is 1.13. The number of hydrogen-bond donors (Lipinski definition) is 0. The number of rotatable bonds is 17. The molecule has 6 heteroatoms. The van der Waals surface area contributed by atoms with E-state index >= 15 is 0 Å². The maximum atomic E-state index is 9.67. The Labute approximate surface area is 401 Å². The number of nitriles is 2. The first kappa shape index (κ1) is 46.5. The van der Waals surface area contributed by atoms with Crippen LogP contribution in [0.3, 0.4) is 0 Å². The second kappa shape index (κ2) is 21.5. The SMILES string of the molecule is CC(C)(C)C1=CC(=C(C#N)C#N)C=C(/C=C\c2ccc(N(CCOC(c3ccccc3)(c3ccccc3)c3ccccc3)CCOC(c3ccccc3)(c3ccccc3)c3ccccc3)cc2)O1. The van der Waals surface area contributed by atoms with Gasteiger partial charge in [0.05, 0.1) is 13.2 Å². The van der Waals surface area contributed by atoms with Crippen LogP contribution in [0.5, 0.6) is 0 Å².